The Hall–Kier alpha value is -1.04. The van der Waals surface area contributed by atoms with E-state index in [1.165, 1.54) is 18.4 Å². The van der Waals surface area contributed by atoms with Crippen LogP contribution in [0, 0.1) is 0 Å². The molecule has 0 unspecified atom stereocenters. The molecule has 0 amide bonds. The molecule has 0 saturated carbocycles. The molecule has 0 atom stereocenters. The van der Waals surface area contributed by atoms with E-state index < -0.39 is 5.97 Å². The number of halogens is 2. The summed E-state index contributed by atoms with van der Waals surface area (Å²) in [5.74, 6) is -0.424. The molecule has 94 valence electrons. The van der Waals surface area contributed by atoms with Crippen LogP contribution in [0.1, 0.15) is 9.67 Å². The lowest BCUT2D eigenvalue weighted by Gasteiger charge is -2.00. The van der Waals surface area contributed by atoms with Gasteiger partial charge < -0.3 is 10.5 Å². The van der Waals surface area contributed by atoms with Crippen molar-refractivity contribution in [1.29, 1.82) is 0 Å². The summed E-state index contributed by atoms with van der Waals surface area (Å²) in [4.78, 5) is 12.8. The Balaban J connectivity index is 2.45. The fourth-order valence-electron chi connectivity index (χ4n) is 1.45. The molecule has 1 heterocycles. The van der Waals surface area contributed by atoms with Crippen molar-refractivity contribution in [3.63, 3.8) is 0 Å². The number of thiophene rings is 1. The van der Waals surface area contributed by atoms with Crippen LogP contribution in [0.25, 0.3) is 10.4 Å². The zero-order chi connectivity index (χ0) is 13.3. The van der Waals surface area contributed by atoms with Crippen LogP contribution in [0.4, 0.5) is 5.69 Å². The van der Waals surface area contributed by atoms with Crippen LogP contribution >= 0.6 is 38.9 Å². The summed E-state index contributed by atoms with van der Waals surface area (Å²) in [5.41, 5.74) is 7.12. The molecule has 0 aliphatic rings. The maximum Gasteiger partial charge on any atom is 0.350 e. The number of rotatable bonds is 2. The third-order valence-corrected chi connectivity index (χ3v) is 4.75. The molecule has 3 nitrogen and oxygen atoms in total. The van der Waals surface area contributed by atoms with E-state index in [0.717, 1.165) is 14.9 Å². The first-order chi connectivity index (χ1) is 8.52. The van der Waals surface area contributed by atoms with Crippen molar-refractivity contribution in [3.8, 4) is 10.4 Å². The van der Waals surface area contributed by atoms with Crippen LogP contribution in [0.5, 0.6) is 0 Å². The maximum atomic E-state index is 11.5. The van der Waals surface area contributed by atoms with Gasteiger partial charge in [0.1, 0.15) is 4.88 Å². The number of nitrogen functional groups attached to an aromatic ring is 1. The molecular formula is C12H9BrClNO2S. The van der Waals surface area contributed by atoms with Crippen molar-refractivity contribution in [3.05, 3.63) is 38.6 Å². The number of hydrogen-bond donors (Lipinski definition) is 1. The molecule has 2 N–H and O–H groups in total. The highest BCUT2D eigenvalue weighted by Gasteiger charge is 2.15. The van der Waals surface area contributed by atoms with Gasteiger partial charge in [0.2, 0.25) is 0 Å². The Morgan fingerprint density at radius 2 is 2.17 bits per heavy atom. The van der Waals surface area contributed by atoms with Gasteiger partial charge in [-0.05, 0) is 39.7 Å². The van der Waals surface area contributed by atoms with Gasteiger partial charge >= 0.3 is 5.97 Å². The van der Waals surface area contributed by atoms with E-state index in [-0.39, 0.29) is 0 Å². The number of nitrogens with two attached hydrogens (primary N) is 1. The minimum absolute atomic E-state index is 0.409. The first kappa shape index (κ1) is 13.4. The second-order valence-electron chi connectivity index (χ2n) is 3.52. The smallest absolute Gasteiger partial charge is 0.350 e. The predicted octanol–water partition coefficient (Wildman–Crippen LogP) is 4.20. The molecule has 0 aliphatic heterocycles. The van der Waals surface area contributed by atoms with Crippen LogP contribution in [0.15, 0.2) is 28.7 Å². The number of ether oxygens (including phenoxy) is 1. The average molecular weight is 347 g/mol. The van der Waals surface area contributed by atoms with Gasteiger partial charge in [-0.1, -0.05) is 17.7 Å². The summed E-state index contributed by atoms with van der Waals surface area (Å²) in [6.07, 6.45) is 0. The summed E-state index contributed by atoms with van der Waals surface area (Å²) in [6, 6.07) is 7.32. The van der Waals surface area contributed by atoms with E-state index >= 15 is 0 Å². The van der Waals surface area contributed by atoms with Gasteiger partial charge in [-0.2, -0.15) is 0 Å². The number of anilines is 1. The first-order valence-corrected chi connectivity index (χ1v) is 6.94. The van der Waals surface area contributed by atoms with Crippen molar-refractivity contribution in [2.75, 3.05) is 12.8 Å². The van der Waals surface area contributed by atoms with Crippen molar-refractivity contribution < 1.29 is 9.53 Å². The van der Waals surface area contributed by atoms with Crippen molar-refractivity contribution in [2.45, 2.75) is 0 Å². The minimum Gasteiger partial charge on any atom is -0.465 e. The standard InChI is InChI=1S/C12H9BrClNO2S/c1-17-12(16)11-9(15)5-10(18-11)6-2-3-7(13)8(14)4-6/h2-5H,15H2,1H3. The normalized spacial score (nSPS) is 10.4. The van der Waals surface area contributed by atoms with Crippen LogP contribution < -0.4 is 5.73 Å². The molecule has 0 saturated heterocycles. The fourth-order valence-corrected chi connectivity index (χ4v) is 2.87. The van der Waals surface area contributed by atoms with E-state index in [1.54, 1.807) is 6.07 Å². The Morgan fingerprint density at radius 3 is 2.78 bits per heavy atom. The summed E-state index contributed by atoms with van der Waals surface area (Å²) in [5, 5.41) is 0.610. The van der Waals surface area contributed by atoms with Crippen molar-refractivity contribution in [1.82, 2.24) is 0 Å². The molecule has 18 heavy (non-hydrogen) atoms. The maximum absolute atomic E-state index is 11.5. The summed E-state index contributed by atoms with van der Waals surface area (Å²) in [7, 11) is 1.33. The first-order valence-electron chi connectivity index (χ1n) is 4.96. The monoisotopic (exact) mass is 345 g/mol. The highest BCUT2D eigenvalue weighted by Crippen LogP contribution is 2.36. The van der Waals surface area contributed by atoms with Gasteiger partial charge in [0.25, 0.3) is 0 Å². The second kappa shape index (κ2) is 5.30. The number of carbonyl (C=O) groups excluding carboxylic acids is 1. The molecule has 0 bridgehead atoms. The van der Waals surface area contributed by atoms with Gasteiger partial charge in [-0.15, -0.1) is 11.3 Å². The minimum atomic E-state index is -0.424. The van der Waals surface area contributed by atoms with Gasteiger partial charge in [0, 0.05) is 9.35 Å². The molecule has 0 radical (unpaired) electrons. The Bertz CT molecular complexity index is 612. The quantitative estimate of drug-likeness (QED) is 0.829. The molecular weight excluding hydrogens is 338 g/mol. The largest absolute Gasteiger partial charge is 0.465 e. The lowest BCUT2D eigenvalue weighted by molar-refractivity contribution is 0.0607. The Kier molecular flexibility index (Phi) is 3.94. The van der Waals surface area contributed by atoms with E-state index in [4.69, 9.17) is 17.3 Å². The highest BCUT2D eigenvalue weighted by atomic mass is 79.9. The topological polar surface area (TPSA) is 52.3 Å². The van der Waals surface area contributed by atoms with E-state index in [2.05, 4.69) is 20.7 Å². The number of hydrogen-bond acceptors (Lipinski definition) is 4. The lowest BCUT2D eigenvalue weighted by atomic mass is 10.2. The number of benzene rings is 1. The van der Waals surface area contributed by atoms with Crippen LogP contribution in [-0.2, 0) is 4.74 Å². The van der Waals surface area contributed by atoms with Crippen molar-refractivity contribution >= 4 is 50.5 Å². The number of esters is 1. The number of methoxy groups -OCH3 is 1. The second-order valence-corrected chi connectivity index (χ2v) is 5.83. The third kappa shape index (κ3) is 2.53. The van der Waals surface area contributed by atoms with Crippen LogP contribution in [0.3, 0.4) is 0 Å². The predicted molar refractivity (Wildman–Crippen MR) is 78.2 cm³/mol. The summed E-state index contributed by atoms with van der Waals surface area (Å²) < 4.78 is 5.49. The summed E-state index contributed by atoms with van der Waals surface area (Å²) in [6.45, 7) is 0. The SMILES string of the molecule is COC(=O)c1sc(-c2ccc(Br)c(Cl)c2)cc1N. The zero-order valence-electron chi connectivity index (χ0n) is 9.37. The molecule has 0 aliphatic carbocycles. The van der Waals surface area contributed by atoms with Gasteiger partial charge in [-0.25, -0.2) is 4.79 Å². The van der Waals surface area contributed by atoms with E-state index in [0.29, 0.717) is 15.6 Å². The molecule has 2 rings (SSSR count). The van der Waals surface area contributed by atoms with Gasteiger partial charge in [0.15, 0.2) is 0 Å². The molecule has 6 heteroatoms. The Morgan fingerprint density at radius 1 is 1.44 bits per heavy atom. The Labute approximate surface area is 122 Å². The number of carbonyl (C=O) groups is 1. The van der Waals surface area contributed by atoms with E-state index in [1.807, 2.05) is 18.2 Å². The van der Waals surface area contributed by atoms with Gasteiger partial charge in [0.05, 0.1) is 17.8 Å². The van der Waals surface area contributed by atoms with Crippen LogP contribution in [0.2, 0.25) is 5.02 Å². The molecule has 2 aromatic rings. The lowest BCUT2D eigenvalue weighted by Crippen LogP contribution is -2.00. The van der Waals surface area contributed by atoms with Crippen molar-refractivity contribution in [2.24, 2.45) is 0 Å². The molecule has 0 fully saturated rings. The molecule has 1 aromatic heterocycles. The molecule has 1 aromatic carbocycles. The highest BCUT2D eigenvalue weighted by molar-refractivity contribution is 9.10. The fraction of sp³-hybridized carbons (Fsp3) is 0.0833. The third-order valence-electron chi connectivity index (χ3n) is 2.34. The van der Waals surface area contributed by atoms with Gasteiger partial charge in [-0.3, -0.25) is 0 Å². The summed E-state index contributed by atoms with van der Waals surface area (Å²) >= 11 is 10.7. The average Bonchev–Trinajstić information content (AvgIpc) is 2.74. The molecule has 0 spiro atoms. The zero-order valence-corrected chi connectivity index (χ0v) is 12.5. The van der Waals surface area contributed by atoms with Crippen LogP contribution in [-0.4, -0.2) is 13.1 Å². The van der Waals surface area contributed by atoms with E-state index in [9.17, 15) is 4.79 Å².